The lowest BCUT2D eigenvalue weighted by Gasteiger charge is -2.08. The number of halogens is 1. The van der Waals surface area contributed by atoms with Gasteiger partial charge in [0.25, 0.3) is 0 Å². The minimum atomic E-state index is -0.178. The van der Waals surface area contributed by atoms with Gasteiger partial charge in [0.15, 0.2) is 0 Å². The first-order valence-corrected chi connectivity index (χ1v) is 8.42. The van der Waals surface area contributed by atoms with E-state index in [2.05, 4.69) is 45.6 Å². The van der Waals surface area contributed by atoms with Gasteiger partial charge in [0, 0.05) is 27.4 Å². The van der Waals surface area contributed by atoms with Gasteiger partial charge in [-0.1, -0.05) is 34.1 Å². The number of hydrogen-bond donors (Lipinski definition) is 2. The minimum absolute atomic E-state index is 0.178. The number of anilines is 1. The number of hydrogen-bond acceptors (Lipinski definition) is 2. The summed E-state index contributed by atoms with van der Waals surface area (Å²) in [7, 11) is 0. The molecule has 0 bridgehead atoms. The van der Waals surface area contributed by atoms with Crippen molar-refractivity contribution in [1.82, 2.24) is 5.32 Å². The summed E-state index contributed by atoms with van der Waals surface area (Å²) in [5.41, 5.74) is 2.05. The van der Waals surface area contributed by atoms with Gasteiger partial charge in [-0.3, -0.25) is 0 Å². The first-order chi connectivity index (χ1) is 10.1. The van der Waals surface area contributed by atoms with Crippen molar-refractivity contribution in [2.45, 2.75) is 11.8 Å². The van der Waals surface area contributed by atoms with Crippen LogP contribution in [-0.2, 0) is 0 Å². The Balaban J connectivity index is 1.70. The van der Waals surface area contributed by atoms with Crippen molar-refractivity contribution in [3.8, 4) is 0 Å². The maximum Gasteiger partial charge on any atom is 0.319 e. The molecule has 2 aromatic rings. The van der Waals surface area contributed by atoms with E-state index in [9.17, 15) is 4.79 Å². The van der Waals surface area contributed by atoms with Gasteiger partial charge in [0.2, 0.25) is 0 Å². The van der Waals surface area contributed by atoms with Crippen LogP contribution in [0.25, 0.3) is 0 Å². The number of amides is 2. The molecular weight excluding hydrogens is 348 g/mol. The van der Waals surface area contributed by atoms with Crippen LogP contribution < -0.4 is 10.6 Å². The van der Waals surface area contributed by atoms with Gasteiger partial charge < -0.3 is 10.6 Å². The molecule has 0 radical (unpaired) electrons. The quantitative estimate of drug-likeness (QED) is 0.597. The van der Waals surface area contributed by atoms with E-state index in [0.717, 1.165) is 15.9 Å². The molecule has 0 aliphatic carbocycles. The number of aryl methyl sites for hydroxylation is 1. The van der Waals surface area contributed by atoms with Crippen LogP contribution in [-0.4, -0.2) is 18.3 Å². The second-order valence-electron chi connectivity index (χ2n) is 4.50. The maximum absolute atomic E-state index is 11.7. The first-order valence-electron chi connectivity index (χ1n) is 6.64. The fourth-order valence-corrected chi connectivity index (χ4v) is 2.91. The average Bonchev–Trinajstić information content (AvgIpc) is 2.48. The molecule has 3 nitrogen and oxygen atoms in total. The van der Waals surface area contributed by atoms with E-state index >= 15 is 0 Å². The zero-order valence-electron chi connectivity index (χ0n) is 11.7. The SMILES string of the molecule is Cc1ccccc1SCCNC(=O)Nc1ccc(Br)cc1. The minimum Gasteiger partial charge on any atom is -0.337 e. The molecule has 0 aromatic heterocycles. The van der Waals surface area contributed by atoms with Gasteiger partial charge in [-0.15, -0.1) is 11.8 Å². The lowest BCUT2D eigenvalue weighted by molar-refractivity contribution is 0.252. The Morgan fingerprint density at radius 3 is 2.57 bits per heavy atom. The summed E-state index contributed by atoms with van der Waals surface area (Å²) in [5, 5.41) is 5.65. The van der Waals surface area contributed by atoms with E-state index in [0.29, 0.717) is 6.54 Å². The maximum atomic E-state index is 11.7. The molecule has 0 saturated heterocycles. The number of carbonyl (C=O) groups is 1. The molecule has 0 heterocycles. The Morgan fingerprint density at radius 2 is 1.86 bits per heavy atom. The number of rotatable bonds is 5. The molecule has 2 N–H and O–H groups in total. The highest BCUT2D eigenvalue weighted by Gasteiger charge is 2.02. The third kappa shape index (κ3) is 5.44. The molecule has 2 aromatic carbocycles. The van der Waals surface area contributed by atoms with Crippen molar-refractivity contribution in [2.24, 2.45) is 0 Å². The van der Waals surface area contributed by atoms with Gasteiger partial charge in [-0.25, -0.2) is 4.79 Å². The molecule has 0 spiro atoms. The summed E-state index contributed by atoms with van der Waals surface area (Å²) in [4.78, 5) is 13.0. The molecule has 0 fully saturated rings. The molecule has 110 valence electrons. The van der Waals surface area contributed by atoms with Crippen molar-refractivity contribution in [3.05, 3.63) is 58.6 Å². The number of benzene rings is 2. The van der Waals surface area contributed by atoms with Crippen LogP contribution in [0.5, 0.6) is 0 Å². The Morgan fingerprint density at radius 1 is 1.14 bits per heavy atom. The van der Waals surface area contributed by atoms with Crippen LogP contribution in [0.2, 0.25) is 0 Å². The van der Waals surface area contributed by atoms with E-state index in [1.54, 1.807) is 11.8 Å². The Kier molecular flexibility index (Phi) is 6.14. The van der Waals surface area contributed by atoms with Gasteiger partial charge in [0.1, 0.15) is 0 Å². The molecule has 0 unspecified atom stereocenters. The van der Waals surface area contributed by atoms with E-state index in [-0.39, 0.29) is 6.03 Å². The predicted octanol–water partition coefficient (Wildman–Crippen LogP) is 4.67. The summed E-state index contributed by atoms with van der Waals surface area (Å²) in [5.74, 6) is 0.846. The highest BCUT2D eigenvalue weighted by atomic mass is 79.9. The molecule has 0 saturated carbocycles. The standard InChI is InChI=1S/C16H17BrN2OS/c1-12-4-2-3-5-15(12)21-11-10-18-16(20)19-14-8-6-13(17)7-9-14/h2-9H,10-11H2,1H3,(H2,18,19,20). The Hall–Kier alpha value is -1.46. The molecule has 0 aliphatic rings. The second kappa shape index (κ2) is 8.10. The highest BCUT2D eigenvalue weighted by Crippen LogP contribution is 2.21. The van der Waals surface area contributed by atoms with Crippen LogP contribution in [0, 0.1) is 6.92 Å². The predicted molar refractivity (Wildman–Crippen MR) is 93.1 cm³/mol. The molecule has 0 atom stereocenters. The van der Waals surface area contributed by atoms with Crippen LogP contribution in [0.3, 0.4) is 0 Å². The summed E-state index contributed by atoms with van der Waals surface area (Å²) in [6.07, 6.45) is 0. The van der Waals surface area contributed by atoms with Crippen molar-refractivity contribution >= 4 is 39.4 Å². The Labute approximate surface area is 137 Å². The third-order valence-electron chi connectivity index (χ3n) is 2.84. The lowest BCUT2D eigenvalue weighted by atomic mass is 10.2. The molecule has 0 aliphatic heterocycles. The van der Waals surface area contributed by atoms with Crippen molar-refractivity contribution < 1.29 is 4.79 Å². The summed E-state index contributed by atoms with van der Waals surface area (Å²) < 4.78 is 0.989. The van der Waals surface area contributed by atoms with E-state index < -0.39 is 0 Å². The van der Waals surface area contributed by atoms with Crippen molar-refractivity contribution in [2.75, 3.05) is 17.6 Å². The normalized spacial score (nSPS) is 10.2. The largest absolute Gasteiger partial charge is 0.337 e. The number of carbonyl (C=O) groups excluding carboxylic acids is 1. The highest BCUT2D eigenvalue weighted by molar-refractivity contribution is 9.10. The van der Waals surface area contributed by atoms with E-state index in [1.165, 1.54) is 10.5 Å². The molecule has 2 amide bonds. The zero-order chi connectivity index (χ0) is 15.1. The summed E-state index contributed by atoms with van der Waals surface area (Å²) in [6, 6.07) is 15.6. The van der Waals surface area contributed by atoms with E-state index in [1.807, 2.05) is 36.4 Å². The second-order valence-corrected chi connectivity index (χ2v) is 6.55. The smallest absolute Gasteiger partial charge is 0.319 e. The van der Waals surface area contributed by atoms with Crippen LogP contribution >= 0.6 is 27.7 Å². The molecular formula is C16H17BrN2OS. The monoisotopic (exact) mass is 364 g/mol. The zero-order valence-corrected chi connectivity index (χ0v) is 14.1. The summed E-state index contributed by atoms with van der Waals surface area (Å²) >= 11 is 5.11. The van der Waals surface area contributed by atoms with Gasteiger partial charge in [-0.05, 0) is 42.8 Å². The number of urea groups is 1. The van der Waals surface area contributed by atoms with Crippen LogP contribution in [0.1, 0.15) is 5.56 Å². The van der Waals surface area contributed by atoms with E-state index in [4.69, 9.17) is 0 Å². The Bertz CT molecular complexity index is 601. The number of nitrogens with one attached hydrogen (secondary N) is 2. The van der Waals surface area contributed by atoms with Gasteiger partial charge >= 0.3 is 6.03 Å². The van der Waals surface area contributed by atoms with Crippen molar-refractivity contribution in [1.29, 1.82) is 0 Å². The topological polar surface area (TPSA) is 41.1 Å². The third-order valence-corrected chi connectivity index (χ3v) is 4.55. The fraction of sp³-hybridized carbons (Fsp3) is 0.188. The molecule has 5 heteroatoms. The fourth-order valence-electron chi connectivity index (χ4n) is 1.75. The average molecular weight is 365 g/mol. The van der Waals surface area contributed by atoms with Crippen LogP contribution in [0.4, 0.5) is 10.5 Å². The molecule has 2 rings (SSSR count). The first kappa shape index (κ1) is 15.9. The van der Waals surface area contributed by atoms with Crippen molar-refractivity contribution in [3.63, 3.8) is 0 Å². The van der Waals surface area contributed by atoms with Gasteiger partial charge in [0.05, 0.1) is 0 Å². The molecule has 21 heavy (non-hydrogen) atoms. The van der Waals surface area contributed by atoms with Crippen LogP contribution in [0.15, 0.2) is 57.9 Å². The number of thioether (sulfide) groups is 1. The summed E-state index contributed by atoms with van der Waals surface area (Å²) in [6.45, 7) is 2.72. The lowest BCUT2D eigenvalue weighted by Crippen LogP contribution is -2.30. The van der Waals surface area contributed by atoms with Gasteiger partial charge in [-0.2, -0.15) is 0 Å².